The van der Waals surface area contributed by atoms with Crippen LogP contribution in [0.5, 0.6) is 0 Å². The van der Waals surface area contributed by atoms with Gasteiger partial charge in [0.25, 0.3) is 0 Å². The van der Waals surface area contributed by atoms with Crippen molar-refractivity contribution in [2.24, 2.45) is 0 Å². The highest BCUT2D eigenvalue weighted by Gasteiger charge is 2.32. The Bertz CT molecular complexity index is 1880. The molecule has 0 spiro atoms. The first-order chi connectivity index (χ1) is 21.5. The Morgan fingerprint density at radius 2 is 0.727 bits per heavy atom. The molecular weight excluding hydrogens is 623 g/mol. The average molecular weight is 653 g/mol. The van der Waals surface area contributed by atoms with Gasteiger partial charge in [0.15, 0.2) is 14.3 Å². The molecule has 0 N–H and O–H groups in total. The van der Waals surface area contributed by atoms with Gasteiger partial charge in [0.05, 0.1) is 8.58 Å². The molecule has 0 fully saturated rings. The lowest BCUT2D eigenvalue weighted by Crippen LogP contribution is -2.25. The number of rotatable bonds is 6. The molecule has 0 aliphatic carbocycles. The summed E-state index contributed by atoms with van der Waals surface area (Å²) in [5.41, 5.74) is 1.39. The second-order valence-electron chi connectivity index (χ2n) is 10.1. The third kappa shape index (κ3) is 5.54. The van der Waals surface area contributed by atoms with Gasteiger partial charge in [-0.3, -0.25) is 0 Å². The molecule has 2 unspecified atom stereocenters. The Morgan fingerprint density at radius 1 is 0.455 bits per heavy atom. The fourth-order valence-corrected chi connectivity index (χ4v) is 10.9. The summed E-state index contributed by atoms with van der Waals surface area (Å²) in [4.78, 5) is 0. The van der Waals surface area contributed by atoms with Crippen LogP contribution in [0.25, 0.3) is 21.9 Å². The van der Waals surface area contributed by atoms with Crippen LogP contribution in [0.1, 0.15) is 0 Å². The van der Waals surface area contributed by atoms with E-state index in [0.717, 1.165) is 42.6 Å². The number of hydrogen-bond donors (Lipinski definition) is 0. The standard InChI is InChI=1S/C36H26O3P2.FH3P2/c37-40(27-13-5-1-6-14-27,28-15-7-2-8-16-28)31-21-23-35-33(25-31)34-26-32(22-24-36(34)39-35)41(38,29-17-9-3-10-18-29)30-19-11-4-12-20-30;1-3-2/h1-26H;3H,2H2. The van der Waals surface area contributed by atoms with Gasteiger partial charge in [-0.15, -0.1) is 0 Å². The summed E-state index contributed by atoms with van der Waals surface area (Å²) in [6, 6.07) is 50.2. The summed E-state index contributed by atoms with van der Waals surface area (Å²) in [7, 11) is -4.90. The molecule has 7 aromatic rings. The zero-order valence-electron chi connectivity index (χ0n) is 23.6. The van der Waals surface area contributed by atoms with E-state index in [1.165, 1.54) is 0 Å². The Hall–Kier alpha value is -3.63. The van der Waals surface area contributed by atoms with E-state index in [9.17, 15) is 4.20 Å². The van der Waals surface area contributed by atoms with Crippen molar-refractivity contribution in [2.75, 3.05) is 0 Å². The Morgan fingerprint density at radius 3 is 1.00 bits per heavy atom. The van der Waals surface area contributed by atoms with Crippen LogP contribution in [0.4, 0.5) is 4.20 Å². The van der Waals surface area contributed by atoms with Crippen molar-refractivity contribution in [2.45, 2.75) is 0 Å². The highest BCUT2D eigenvalue weighted by molar-refractivity contribution is 8.00. The fourth-order valence-electron chi connectivity index (χ4n) is 5.59. The van der Waals surface area contributed by atoms with E-state index in [4.69, 9.17) is 4.42 Å². The highest BCUT2D eigenvalue weighted by Crippen LogP contribution is 2.45. The molecule has 7 rings (SSSR count). The molecule has 44 heavy (non-hydrogen) atoms. The normalized spacial score (nSPS) is 12.0. The molecule has 3 nitrogen and oxygen atoms in total. The van der Waals surface area contributed by atoms with Crippen LogP contribution in [0.3, 0.4) is 0 Å². The van der Waals surface area contributed by atoms with Crippen LogP contribution >= 0.6 is 31.8 Å². The topological polar surface area (TPSA) is 47.3 Å². The molecule has 0 aliphatic heterocycles. The highest BCUT2D eigenvalue weighted by atomic mass is 32.0. The minimum atomic E-state index is -3.17. The SMILES string of the molecule is FPP.O=P(c1ccccc1)(c1ccccc1)c1ccc2oc3ccc(P(=O)(c4ccccc4)c4ccccc4)cc3c2c1. The lowest BCUT2D eigenvalue weighted by Gasteiger charge is -2.20. The molecule has 0 amide bonds. The molecule has 0 bridgehead atoms. The maximum absolute atomic E-state index is 15.0. The summed E-state index contributed by atoms with van der Waals surface area (Å²) in [5, 5.41) is 6.25. The minimum Gasteiger partial charge on any atom is -0.456 e. The molecule has 2 atom stereocenters. The molecular formula is C36H29FO3P4. The molecule has 1 aromatic heterocycles. The first-order valence-electron chi connectivity index (χ1n) is 14.0. The molecule has 6 aromatic carbocycles. The molecule has 8 heteroatoms. The van der Waals surface area contributed by atoms with Gasteiger partial charge in [0.2, 0.25) is 0 Å². The van der Waals surface area contributed by atoms with Crippen molar-refractivity contribution in [3.8, 4) is 0 Å². The van der Waals surface area contributed by atoms with Crippen molar-refractivity contribution in [3.63, 3.8) is 0 Å². The Balaban J connectivity index is 0.00000110. The second-order valence-corrected chi connectivity index (χ2v) is 16.5. The third-order valence-corrected chi connectivity index (χ3v) is 13.8. The maximum atomic E-state index is 15.0. The van der Waals surface area contributed by atoms with E-state index in [-0.39, 0.29) is 0 Å². The lowest BCUT2D eigenvalue weighted by molar-refractivity contribution is 0.591. The van der Waals surface area contributed by atoms with E-state index in [0.29, 0.717) is 11.2 Å². The molecule has 1 heterocycles. The summed E-state index contributed by atoms with van der Waals surface area (Å²) >= 11 is 0. The van der Waals surface area contributed by atoms with Crippen molar-refractivity contribution in [3.05, 3.63) is 158 Å². The summed E-state index contributed by atoms with van der Waals surface area (Å²) in [6.45, 7) is 0. The predicted octanol–water partition coefficient (Wildman–Crippen LogP) is 8.20. The molecule has 0 saturated heterocycles. The van der Waals surface area contributed by atoms with E-state index in [1.807, 2.05) is 167 Å². The van der Waals surface area contributed by atoms with Crippen molar-refractivity contribution < 1.29 is 17.7 Å². The second kappa shape index (κ2) is 13.2. The van der Waals surface area contributed by atoms with Crippen LogP contribution < -0.4 is 31.8 Å². The average Bonchev–Trinajstić information content (AvgIpc) is 3.47. The van der Waals surface area contributed by atoms with Crippen LogP contribution in [-0.4, -0.2) is 0 Å². The molecule has 218 valence electrons. The number of halogens is 1. The van der Waals surface area contributed by atoms with Gasteiger partial charge in [0.1, 0.15) is 11.2 Å². The van der Waals surface area contributed by atoms with Gasteiger partial charge in [-0.2, -0.15) is 0 Å². The van der Waals surface area contributed by atoms with Crippen LogP contribution in [0, 0.1) is 0 Å². The summed E-state index contributed by atoms with van der Waals surface area (Å²) in [6.07, 6.45) is 0. The first kappa shape index (κ1) is 30.4. The van der Waals surface area contributed by atoms with Gasteiger partial charge in [-0.25, -0.2) is 4.20 Å². The molecule has 0 aliphatic rings. The zero-order valence-corrected chi connectivity index (χ0v) is 27.5. The fraction of sp³-hybridized carbons (Fsp3) is 0. The maximum Gasteiger partial charge on any atom is 0.171 e. The van der Waals surface area contributed by atoms with Crippen LogP contribution in [-0.2, 0) is 9.13 Å². The zero-order chi connectivity index (χ0) is 30.6. The summed E-state index contributed by atoms with van der Waals surface area (Å²) in [5.74, 6) is 0. The van der Waals surface area contributed by atoms with Crippen LogP contribution in [0.15, 0.2) is 162 Å². The molecule has 0 radical (unpaired) electrons. The van der Waals surface area contributed by atoms with E-state index in [2.05, 4.69) is 0 Å². The van der Waals surface area contributed by atoms with E-state index >= 15 is 9.13 Å². The molecule has 0 saturated carbocycles. The number of benzene rings is 6. The number of furan rings is 1. The van der Waals surface area contributed by atoms with Crippen LogP contribution in [0.2, 0.25) is 0 Å². The third-order valence-electron chi connectivity index (χ3n) is 7.64. The van der Waals surface area contributed by atoms with Gasteiger partial charge in [0, 0.05) is 42.6 Å². The number of hydrogen-bond acceptors (Lipinski definition) is 3. The lowest BCUT2D eigenvalue weighted by atomic mass is 10.1. The Labute approximate surface area is 260 Å². The smallest absolute Gasteiger partial charge is 0.171 e. The quantitative estimate of drug-likeness (QED) is 0.170. The number of fused-ring (bicyclic) bond motifs is 3. The van der Waals surface area contributed by atoms with Crippen molar-refractivity contribution in [1.29, 1.82) is 0 Å². The van der Waals surface area contributed by atoms with Gasteiger partial charge in [-0.1, -0.05) is 130 Å². The van der Waals surface area contributed by atoms with Crippen molar-refractivity contribution in [1.82, 2.24) is 0 Å². The van der Waals surface area contributed by atoms with Gasteiger partial charge >= 0.3 is 0 Å². The Kier molecular flexibility index (Phi) is 9.09. The minimum absolute atomic E-state index is 0.500. The van der Waals surface area contributed by atoms with E-state index in [1.54, 1.807) is 0 Å². The van der Waals surface area contributed by atoms with Crippen molar-refractivity contribution >= 4 is 85.6 Å². The van der Waals surface area contributed by atoms with Gasteiger partial charge < -0.3 is 13.5 Å². The summed E-state index contributed by atoms with van der Waals surface area (Å²) < 4.78 is 46.6. The van der Waals surface area contributed by atoms with Gasteiger partial charge in [-0.05, 0) is 36.4 Å². The monoisotopic (exact) mass is 652 g/mol. The predicted molar refractivity (Wildman–Crippen MR) is 192 cm³/mol. The first-order valence-corrected chi connectivity index (χ1v) is 20.1. The largest absolute Gasteiger partial charge is 0.456 e. The van der Waals surface area contributed by atoms with E-state index < -0.39 is 22.9 Å².